The Morgan fingerprint density at radius 2 is 2.04 bits per heavy atom. The number of nitrogens with zero attached hydrogens (tertiary/aromatic N) is 4. The van der Waals surface area contributed by atoms with Gasteiger partial charge in [0.15, 0.2) is 0 Å². The van der Waals surface area contributed by atoms with Gasteiger partial charge in [0.05, 0.1) is 21.3 Å². The zero-order valence-corrected chi connectivity index (χ0v) is 13.1. The Kier molecular flexibility index (Phi) is 3.20. The van der Waals surface area contributed by atoms with E-state index in [1.54, 1.807) is 42.1 Å². The normalized spacial score (nSPS) is 11.0. The molecule has 0 saturated heterocycles. The van der Waals surface area contributed by atoms with Gasteiger partial charge in [0, 0.05) is 31.7 Å². The summed E-state index contributed by atoms with van der Waals surface area (Å²) in [6.45, 7) is 0. The Hall–Kier alpha value is -2.93. The summed E-state index contributed by atoms with van der Waals surface area (Å²) in [6, 6.07) is 7.37. The Morgan fingerprint density at radius 1 is 1.13 bits per heavy atom. The van der Waals surface area contributed by atoms with Crippen LogP contribution < -0.4 is 10.5 Å². The summed E-state index contributed by atoms with van der Waals surface area (Å²) >= 11 is 1.60. The standard InChI is InChI=1S/C16H13N5OS/c1-21-7-6-19-16(21)13-8-11-15(23-13)12(4-5-18-11)22-10-2-3-14(17)20-9-10/h2-9H,1H3,(H2,17,20). The lowest BCUT2D eigenvalue weighted by Crippen LogP contribution is -1.90. The van der Waals surface area contributed by atoms with E-state index in [4.69, 9.17) is 10.5 Å². The molecular formula is C16H13N5OS. The number of hydrogen-bond donors (Lipinski definition) is 1. The van der Waals surface area contributed by atoms with Crippen molar-refractivity contribution < 1.29 is 4.74 Å². The van der Waals surface area contributed by atoms with Gasteiger partial charge in [-0.15, -0.1) is 11.3 Å². The predicted octanol–water partition coefficient (Wildman–Crippen LogP) is 3.47. The number of fused-ring (bicyclic) bond motifs is 1. The van der Waals surface area contributed by atoms with Gasteiger partial charge in [-0.2, -0.15) is 0 Å². The van der Waals surface area contributed by atoms with Crippen LogP contribution in [-0.4, -0.2) is 19.5 Å². The first kappa shape index (κ1) is 13.7. The maximum absolute atomic E-state index is 5.93. The molecule has 7 heteroatoms. The fourth-order valence-corrected chi connectivity index (χ4v) is 3.39. The fraction of sp³-hybridized carbons (Fsp3) is 0.0625. The quantitative estimate of drug-likeness (QED) is 0.624. The van der Waals surface area contributed by atoms with Crippen molar-refractivity contribution in [1.82, 2.24) is 19.5 Å². The molecule has 0 atom stereocenters. The minimum atomic E-state index is 0.463. The van der Waals surface area contributed by atoms with E-state index in [-0.39, 0.29) is 0 Å². The van der Waals surface area contributed by atoms with E-state index in [0.717, 1.165) is 26.7 Å². The summed E-state index contributed by atoms with van der Waals surface area (Å²) in [5.74, 6) is 2.75. The highest BCUT2D eigenvalue weighted by Crippen LogP contribution is 2.38. The lowest BCUT2D eigenvalue weighted by molar-refractivity contribution is 0.486. The van der Waals surface area contributed by atoms with Crippen molar-refractivity contribution in [3.63, 3.8) is 0 Å². The van der Waals surface area contributed by atoms with Gasteiger partial charge in [-0.25, -0.2) is 9.97 Å². The average molecular weight is 323 g/mol. The smallest absolute Gasteiger partial charge is 0.149 e. The van der Waals surface area contributed by atoms with Crippen LogP contribution in [0.25, 0.3) is 20.9 Å². The number of pyridine rings is 2. The van der Waals surface area contributed by atoms with Crippen molar-refractivity contribution >= 4 is 27.4 Å². The summed E-state index contributed by atoms with van der Waals surface area (Å²) in [6.07, 6.45) is 7.04. The number of imidazole rings is 1. The number of thiophene rings is 1. The number of anilines is 1. The second-order valence-corrected chi connectivity index (χ2v) is 6.07. The summed E-state index contributed by atoms with van der Waals surface area (Å²) < 4.78 is 8.89. The maximum Gasteiger partial charge on any atom is 0.149 e. The van der Waals surface area contributed by atoms with E-state index in [2.05, 4.69) is 15.0 Å². The average Bonchev–Trinajstić information content (AvgIpc) is 3.15. The largest absolute Gasteiger partial charge is 0.454 e. The topological polar surface area (TPSA) is 78.8 Å². The molecule has 0 saturated carbocycles. The van der Waals surface area contributed by atoms with E-state index >= 15 is 0 Å². The highest BCUT2D eigenvalue weighted by molar-refractivity contribution is 7.22. The van der Waals surface area contributed by atoms with Crippen LogP contribution in [0.5, 0.6) is 11.5 Å². The van der Waals surface area contributed by atoms with Gasteiger partial charge in [0.2, 0.25) is 0 Å². The molecule has 0 aromatic carbocycles. The molecule has 2 N–H and O–H groups in total. The number of ether oxygens (including phenoxy) is 1. The zero-order chi connectivity index (χ0) is 15.8. The third-order valence-electron chi connectivity index (χ3n) is 3.40. The van der Waals surface area contributed by atoms with Gasteiger partial charge in [-0.1, -0.05) is 0 Å². The molecule has 0 aliphatic rings. The third kappa shape index (κ3) is 2.51. The second-order valence-electron chi connectivity index (χ2n) is 5.02. The molecule has 0 aliphatic carbocycles. The molecule has 4 aromatic rings. The molecule has 4 heterocycles. The number of rotatable bonds is 3. The molecule has 0 spiro atoms. The van der Waals surface area contributed by atoms with Crippen LogP contribution in [0, 0.1) is 0 Å². The molecule has 114 valence electrons. The SMILES string of the molecule is Cn1ccnc1-c1cc2nccc(Oc3ccc(N)nc3)c2s1. The van der Waals surface area contributed by atoms with Crippen LogP contribution >= 0.6 is 11.3 Å². The van der Waals surface area contributed by atoms with Crippen LogP contribution in [0.4, 0.5) is 5.82 Å². The van der Waals surface area contributed by atoms with Crippen LogP contribution in [0.1, 0.15) is 0 Å². The number of nitrogen functional groups attached to an aromatic ring is 1. The molecule has 0 aliphatic heterocycles. The molecule has 0 unspecified atom stereocenters. The van der Waals surface area contributed by atoms with Crippen molar-refractivity contribution in [3.8, 4) is 22.2 Å². The Balaban J connectivity index is 1.77. The van der Waals surface area contributed by atoms with Gasteiger partial charge >= 0.3 is 0 Å². The minimum Gasteiger partial charge on any atom is -0.454 e. The Morgan fingerprint density at radius 3 is 2.78 bits per heavy atom. The summed E-state index contributed by atoms with van der Waals surface area (Å²) in [4.78, 5) is 13.9. The van der Waals surface area contributed by atoms with Crippen molar-refractivity contribution in [2.24, 2.45) is 7.05 Å². The molecule has 0 bridgehead atoms. The van der Waals surface area contributed by atoms with Gasteiger partial charge in [0.25, 0.3) is 0 Å². The predicted molar refractivity (Wildman–Crippen MR) is 90.5 cm³/mol. The van der Waals surface area contributed by atoms with E-state index in [1.165, 1.54) is 0 Å². The zero-order valence-electron chi connectivity index (χ0n) is 12.3. The first-order chi connectivity index (χ1) is 11.2. The van der Waals surface area contributed by atoms with E-state index in [9.17, 15) is 0 Å². The minimum absolute atomic E-state index is 0.463. The van der Waals surface area contributed by atoms with Crippen LogP contribution in [0.15, 0.2) is 49.1 Å². The van der Waals surface area contributed by atoms with Crippen molar-refractivity contribution in [2.45, 2.75) is 0 Å². The van der Waals surface area contributed by atoms with Gasteiger partial charge < -0.3 is 15.0 Å². The van der Waals surface area contributed by atoms with E-state index in [0.29, 0.717) is 11.6 Å². The number of hydrogen-bond acceptors (Lipinski definition) is 6. The summed E-state index contributed by atoms with van der Waals surface area (Å²) in [5, 5.41) is 0. The fourth-order valence-electron chi connectivity index (χ4n) is 2.29. The molecular weight excluding hydrogens is 310 g/mol. The van der Waals surface area contributed by atoms with Crippen molar-refractivity contribution in [3.05, 3.63) is 49.1 Å². The first-order valence-corrected chi connectivity index (χ1v) is 7.78. The van der Waals surface area contributed by atoms with Crippen LogP contribution in [0.3, 0.4) is 0 Å². The monoisotopic (exact) mass is 323 g/mol. The lowest BCUT2D eigenvalue weighted by atomic mass is 10.3. The van der Waals surface area contributed by atoms with Crippen molar-refractivity contribution in [1.29, 1.82) is 0 Å². The van der Waals surface area contributed by atoms with E-state index in [1.807, 2.05) is 29.9 Å². The number of aromatic nitrogens is 4. The molecule has 6 nitrogen and oxygen atoms in total. The highest BCUT2D eigenvalue weighted by Gasteiger charge is 2.13. The first-order valence-electron chi connectivity index (χ1n) is 6.96. The summed E-state index contributed by atoms with van der Waals surface area (Å²) in [5.41, 5.74) is 6.48. The number of aryl methyl sites for hydroxylation is 1. The Bertz CT molecular complexity index is 974. The van der Waals surface area contributed by atoms with E-state index < -0.39 is 0 Å². The molecule has 23 heavy (non-hydrogen) atoms. The molecule has 4 rings (SSSR count). The highest BCUT2D eigenvalue weighted by atomic mass is 32.1. The van der Waals surface area contributed by atoms with Crippen LogP contribution in [0.2, 0.25) is 0 Å². The maximum atomic E-state index is 5.93. The van der Waals surface area contributed by atoms with Gasteiger partial charge in [0.1, 0.15) is 23.1 Å². The van der Waals surface area contributed by atoms with Crippen molar-refractivity contribution in [2.75, 3.05) is 5.73 Å². The molecule has 0 fully saturated rings. The summed E-state index contributed by atoms with van der Waals surface area (Å²) in [7, 11) is 1.97. The molecule has 4 aromatic heterocycles. The second kappa shape index (κ2) is 5.36. The molecule has 0 radical (unpaired) electrons. The third-order valence-corrected chi connectivity index (χ3v) is 4.54. The number of nitrogens with two attached hydrogens (primary N) is 1. The van der Waals surface area contributed by atoms with Crippen LogP contribution in [-0.2, 0) is 7.05 Å². The molecule has 0 amide bonds. The lowest BCUT2D eigenvalue weighted by Gasteiger charge is -2.05. The Labute approximate surface area is 136 Å². The van der Waals surface area contributed by atoms with Gasteiger partial charge in [-0.3, -0.25) is 4.98 Å². The van der Waals surface area contributed by atoms with Gasteiger partial charge in [-0.05, 0) is 18.2 Å².